The molecule has 1 unspecified atom stereocenters. The van der Waals surface area contributed by atoms with E-state index in [2.05, 4.69) is 29.7 Å². The molecule has 1 atom stereocenters. The minimum absolute atomic E-state index is 0.135. The lowest BCUT2D eigenvalue weighted by Crippen LogP contribution is -2.28. The average Bonchev–Trinajstić information content (AvgIpc) is 2.37. The van der Waals surface area contributed by atoms with Crippen LogP contribution in [-0.2, 0) is 4.79 Å². The summed E-state index contributed by atoms with van der Waals surface area (Å²) in [6.45, 7) is 2.97. The first-order valence-electron chi connectivity index (χ1n) is 6.26. The molecule has 0 radical (unpaired) electrons. The van der Waals surface area contributed by atoms with Gasteiger partial charge in [0.1, 0.15) is 0 Å². The Kier molecular flexibility index (Phi) is 6.33. The molecule has 1 aromatic carbocycles. The molecule has 0 aliphatic heterocycles. The summed E-state index contributed by atoms with van der Waals surface area (Å²) < 4.78 is 0. The smallest absolute Gasteiger partial charge is 0.220 e. The molecule has 0 saturated heterocycles. The summed E-state index contributed by atoms with van der Waals surface area (Å²) in [7, 11) is 1.90. The van der Waals surface area contributed by atoms with Gasteiger partial charge in [-0.2, -0.15) is 0 Å². The van der Waals surface area contributed by atoms with Gasteiger partial charge in [-0.1, -0.05) is 37.3 Å². The van der Waals surface area contributed by atoms with Crippen LogP contribution in [0.15, 0.2) is 30.3 Å². The van der Waals surface area contributed by atoms with Crippen molar-refractivity contribution in [1.82, 2.24) is 10.6 Å². The molecule has 1 rings (SSSR count). The van der Waals surface area contributed by atoms with Gasteiger partial charge in [-0.05, 0) is 32.0 Å². The van der Waals surface area contributed by atoms with E-state index in [4.69, 9.17) is 0 Å². The number of amides is 1. The van der Waals surface area contributed by atoms with E-state index < -0.39 is 0 Å². The summed E-state index contributed by atoms with van der Waals surface area (Å²) in [5, 5.41) is 6.12. The predicted octanol–water partition coefficient (Wildman–Crippen LogP) is 2.25. The first kappa shape index (κ1) is 13.7. The van der Waals surface area contributed by atoms with Gasteiger partial charge in [0.05, 0.1) is 6.04 Å². The number of rotatable bonds is 7. The van der Waals surface area contributed by atoms with E-state index in [9.17, 15) is 4.79 Å². The lowest BCUT2D eigenvalue weighted by atomic mass is 10.0. The van der Waals surface area contributed by atoms with E-state index in [1.165, 1.54) is 5.56 Å². The molecule has 3 heteroatoms. The molecule has 2 N–H and O–H groups in total. The van der Waals surface area contributed by atoms with Crippen LogP contribution in [0.25, 0.3) is 0 Å². The molecule has 0 aliphatic carbocycles. The van der Waals surface area contributed by atoms with Gasteiger partial charge in [-0.3, -0.25) is 4.79 Å². The molecule has 17 heavy (non-hydrogen) atoms. The third-order valence-electron chi connectivity index (χ3n) is 2.78. The maximum atomic E-state index is 11.7. The maximum Gasteiger partial charge on any atom is 0.220 e. The Hall–Kier alpha value is -1.35. The molecule has 0 saturated carbocycles. The normalized spacial score (nSPS) is 12.1. The van der Waals surface area contributed by atoms with E-state index in [0.717, 1.165) is 19.4 Å². The summed E-state index contributed by atoms with van der Waals surface area (Å²) >= 11 is 0. The highest BCUT2D eigenvalue weighted by Crippen LogP contribution is 2.15. The Labute approximate surface area is 104 Å². The van der Waals surface area contributed by atoms with Crippen molar-refractivity contribution >= 4 is 5.91 Å². The molecule has 0 bridgehead atoms. The van der Waals surface area contributed by atoms with Gasteiger partial charge >= 0.3 is 0 Å². The van der Waals surface area contributed by atoms with Gasteiger partial charge < -0.3 is 10.6 Å². The first-order valence-corrected chi connectivity index (χ1v) is 6.26. The number of hydrogen-bond acceptors (Lipinski definition) is 2. The van der Waals surface area contributed by atoms with Crippen LogP contribution in [0.5, 0.6) is 0 Å². The maximum absolute atomic E-state index is 11.7. The van der Waals surface area contributed by atoms with Crippen molar-refractivity contribution in [2.75, 3.05) is 13.6 Å². The van der Waals surface area contributed by atoms with E-state index in [1.54, 1.807) is 0 Å². The molecule has 0 spiro atoms. The van der Waals surface area contributed by atoms with Crippen molar-refractivity contribution in [3.05, 3.63) is 35.9 Å². The third kappa shape index (κ3) is 5.00. The van der Waals surface area contributed by atoms with Crippen LogP contribution in [0.3, 0.4) is 0 Å². The minimum Gasteiger partial charge on any atom is -0.349 e. The molecule has 94 valence electrons. The zero-order valence-corrected chi connectivity index (χ0v) is 10.7. The molecule has 1 aromatic rings. The SMILES string of the molecule is CCC(NC(=O)CCCNC)c1ccccc1. The van der Waals surface area contributed by atoms with E-state index >= 15 is 0 Å². The van der Waals surface area contributed by atoms with Crippen LogP contribution in [-0.4, -0.2) is 19.5 Å². The topological polar surface area (TPSA) is 41.1 Å². The number of carbonyl (C=O) groups is 1. The average molecular weight is 234 g/mol. The lowest BCUT2D eigenvalue weighted by Gasteiger charge is -2.17. The van der Waals surface area contributed by atoms with Crippen LogP contribution >= 0.6 is 0 Å². The van der Waals surface area contributed by atoms with Gasteiger partial charge in [-0.15, -0.1) is 0 Å². The highest BCUT2D eigenvalue weighted by Gasteiger charge is 2.11. The van der Waals surface area contributed by atoms with E-state index in [0.29, 0.717) is 6.42 Å². The van der Waals surface area contributed by atoms with Crippen molar-refractivity contribution in [2.24, 2.45) is 0 Å². The first-order chi connectivity index (χ1) is 8.27. The molecule has 1 amide bonds. The Morgan fingerprint density at radius 2 is 2.00 bits per heavy atom. The van der Waals surface area contributed by atoms with Gasteiger partial charge in [0.25, 0.3) is 0 Å². The zero-order valence-electron chi connectivity index (χ0n) is 10.7. The minimum atomic E-state index is 0.135. The van der Waals surface area contributed by atoms with Crippen molar-refractivity contribution in [1.29, 1.82) is 0 Å². The Morgan fingerprint density at radius 3 is 2.59 bits per heavy atom. The molecule has 0 fully saturated rings. The quantitative estimate of drug-likeness (QED) is 0.710. The van der Waals surface area contributed by atoms with Gasteiger partial charge in [0.2, 0.25) is 5.91 Å². The Balaban J connectivity index is 2.44. The van der Waals surface area contributed by atoms with Crippen LogP contribution < -0.4 is 10.6 Å². The van der Waals surface area contributed by atoms with Gasteiger partial charge in [0.15, 0.2) is 0 Å². The van der Waals surface area contributed by atoms with Crippen molar-refractivity contribution in [3.63, 3.8) is 0 Å². The summed E-state index contributed by atoms with van der Waals surface area (Å²) in [5.74, 6) is 0.135. The fourth-order valence-corrected chi connectivity index (χ4v) is 1.80. The summed E-state index contributed by atoms with van der Waals surface area (Å²) in [6, 6.07) is 10.3. The summed E-state index contributed by atoms with van der Waals surface area (Å²) in [4.78, 5) is 11.7. The summed E-state index contributed by atoms with van der Waals surface area (Å²) in [6.07, 6.45) is 2.39. The van der Waals surface area contributed by atoms with E-state index in [1.807, 2.05) is 25.2 Å². The highest BCUT2D eigenvalue weighted by molar-refractivity contribution is 5.76. The van der Waals surface area contributed by atoms with Crippen LogP contribution in [0.4, 0.5) is 0 Å². The van der Waals surface area contributed by atoms with Crippen molar-refractivity contribution in [2.45, 2.75) is 32.2 Å². The largest absolute Gasteiger partial charge is 0.349 e. The molecular formula is C14H22N2O. The molecule has 0 heterocycles. The lowest BCUT2D eigenvalue weighted by molar-refractivity contribution is -0.121. The van der Waals surface area contributed by atoms with Crippen molar-refractivity contribution < 1.29 is 4.79 Å². The zero-order chi connectivity index (χ0) is 12.5. The molecule has 0 aromatic heterocycles. The number of benzene rings is 1. The highest BCUT2D eigenvalue weighted by atomic mass is 16.1. The number of nitrogens with one attached hydrogen (secondary N) is 2. The second-order valence-electron chi connectivity index (χ2n) is 4.15. The second-order valence-corrected chi connectivity index (χ2v) is 4.15. The summed E-state index contributed by atoms with van der Waals surface area (Å²) in [5.41, 5.74) is 1.18. The second kappa shape index (κ2) is 7.85. The van der Waals surface area contributed by atoms with Crippen LogP contribution in [0, 0.1) is 0 Å². The predicted molar refractivity (Wildman–Crippen MR) is 70.8 cm³/mol. The fraction of sp³-hybridized carbons (Fsp3) is 0.500. The van der Waals surface area contributed by atoms with Gasteiger partial charge in [-0.25, -0.2) is 0 Å². The number of carbonyl (C=O) groups excluding carboxylic acids is 1. The Morgan fingerprint density at radius 1 is 1.29 bits per heavy atom. The van der Waals surface area contributed by atoms with Crippen LogP contribution in [0.1, 0.15) is 37.8 Å². The molecular weight excluding hydrogens is 212 g/mol. The van der Waals surface area contributed by atoms with E-state index in [-0.39, 0.29) is 11.9 Å². The fourth-order valence-electron chi connectivity index (χ4n) is 1.80. The standard InChI is InChI=1S/C14H22N2O/c1-3-13(12-8-5-4-6-9-12)16-14(17)10-7-11-15-2/h4-6,8-9,13,15H,3,7,10-11H2,1-2H3,(H,16,17). The molecule has 3 nitrogen and oxygen atoms in total. The van der Waals surface area contributed by atoms with Gasteiger partial charge in [0, 0.05) is 6.42 Å². The number of hydrogen-bond donors (Lipinski definition) is 2. The van der Waals surface area contributed by atoms with Crippen molar-refractivity contribution in [3.8, 4) is 0 Å². The van der Waals surface area contributed by atoms with Crippen LogP contribution in [0.2, 0.25) is 0 Å². The molecule has 0 aliphatic rings. The monoisotopic (exact) mass is 234 g/mol. The third-order valence-corrected chi connectivity index (χ3v) is 2.78. The Bertz CT molecular complexity index is 324.